The van der Waals surface area contributed by atoms with Crippen LogP contribution in [0, 0.1) is 18.3 Å². The maximum Gasteiger partial charge on any atom is 0.115 e. The molecule has 0 saturated heterocycles. The number of phenols is 1. The summed E-state index contributed by atoms with van der Waals surface area (Å²) >= 11 is 3.47. The predicted molar refractivity (Wildman–Crippen MR) is 93.9 cm³/mol. The number of nitriles is 1. The number of rotatable bonds is 2. The molecule has 0 spiro atoms. The Hall–Kier alpha value is -2.64. The van der Waals surface area contributed by atoms with Crippen LogP contribution >= 0.6 is 15.9 Å². The Morgan fingerprint density at radius 2 is 1.78 bits per heavy atom. The topological polar surface area (TPSA) is 56.9 Å². The van der Waals surface area contributed by atoms with E-state index in [-0.39, 0.29) is 5.75 Å². The molecule has 0 bridgehead atoms. The first-order valence-corrected chi connectivity index (χ1v) is 7.85. The quantitative estimate of drug-likeness (QED) is 0.690. The summed E-state index contributed by atoms with van der Waals surface area (Å²) < 4.78 is 0.958. The van der Waals surface area contributed by atoms with Gasteiger partial charge >= 0.3 is 0 Å². The summed E-state index contributed by atoms with van der Waals surface area (Å²) in [7, 11) is 0. The molecule has 23 heavy (non-hydrogen) atoms. The zero-order valence-electron chi connectivity index (χ0n) is 12.4. The SMILES string of the molecule is Cc1nc(-c2ccc(O)cc2)cc(-c2cccc(Br)c2)c1C#N. The van der Waals surface area contributed by atoms with E-state index in [4.69, 9.17) is 0 Å². The van der Waals surface area contributed by atoms with E-state index in [1.165, 1.54) is 0 Å². The standard InChI is InChI=1S/C19H13BrN2O/c1-12-18(11-21)17(14-3-2-4-15(20)9-14)10-19(22-12)13-5-7-16(23)8-6-13/h2-10,23H,1H3. The van der Waals surface area contributed by atoms with Crippen molar-refractivity contribution in [3.8, 4) is 34.2 Å². The summed E-state index contributed by atoms with van der Waals surface area (Å²) in [6.45, 7) is 1.84. The van der Waals surface area contributed by atoms with Gasteiger partial charge in [-0.1, -0.05) is 28.1 Å². The Kier molecular flexibility index (Phi) is 4.14. The molecule has 0 aliphatic rings. The molecule has 2 aromatic carbocycles. The minimum Gasteiger partial charge on any atom is -0.508 e. The van der Waals surface area contributed by atoms with Gasteiger partial charge in [0, 0.05) is 15.6 Å². The molecule has 0 aliphatic heterocycles. The molecule has 0 aliphatic carbocycles. The van der Waals surface area contributed by atoms with Gasteiger partial charge in [0.05, 0.1) is 17.0 Å². The summed E-state index contributed by atoms with van der Waals surface area (Å²) in [5.74, 6) is 0.214. The lowest BCUT2D eigenvalue weighted by molar-refractivity contribution is 0.475. The number of aryl methyl sites for hydroxylation is 1. The molecule has 0 atom stereocenters. The van der Waals surface area contributed by atoms with Crippen LogP contribution in [0.1, 0.15) is 11.3 Å². The van der Waals surface area contributed by atoms with Crippen LogP contribution in [0.4, 0.5) is 0 Å². The van der Waals surface area contributed by atoms with Gasteiger partial charge < -0.3 is 5.11 Å². The molecule has 1 heterocycles. The Bertz CT molecular complexity index is 912. The molecule has 0 saturated carbocycles. The first kappa shape index (κ1) is 15.3. The van der Waals surface area contributed by atoms with Crippen LogP contribution in [0.3, 0.4) is 0 Å². The van der Waals surface area contributed by atoms with Crippen molar-refractivity contribution in [1.82, 2.24) is 4.98 Å². The van der Waals surface area contributed by atoms with Gasteiger partial charge in [-0.3, -0.25) is 4.98 Å². The molecule has 0 amide bonds. The van der Waals surface area contributed by atoms with E-state index in [1.54, 1.807) is 12.1 Å². The summed E-state index contributed by atoms with van der Waals surface area (Å²) in [5.41, 5.74) is 4.74. The third-order valence-electron chi connectivity index (χ3n) is 3.61. The number of aromatic hydroxyl groups is 1. The van der Waals surface area contributed by atoms with E-state index < -0.39 is 0 Å². The van der Waals surface area contributed by atoms with Gasteiger partial charge in [0.15, 0.2) is 0 Å². The molecule has 1 N–H and O–H groups in total. The lowest BCUT2D eigenvalue weighted by atomic mass is 9.97. The normalized spacial score (nSPS) is 10.3. The van der Waals surface area contributed by atoms with Gasteiger partial charge in [0.2, 0.25) is 0 Å². The third-order valence-corrected chi connectivity index (χ3v) is 4.10. The van der Waals surface area contributed by atoms with Crippen LogP contribution in [0.5, 0.6) is 5.75 Å². The molecule has 4 heteroatoms. The maximum absolute atomic E-state index is 9.49. The van der Waals surface area contributed by atoms with Crippen molar-refractivity contribution in [3.63, 3.8) is 0 Å². The van der Waals surface area contributed by atoms with Crippen molar-refractivity contribution in [2.75, 3.05) is 0 Å². The number of pyridine rings is 1. The van der Waals surface area contributed by atoms with Crippen molar-refractivity contribution in [2.45, 2.75) is 6.92 Å². The first-order valence-electron chi connectivity index (χ1n) is 7.05. The summed E-state index contributed by atoms with van der Waals surface area (Å²) in [4.78, 5) is 4.54. The molecule has 3 nitrogen and oxygen atoms in total. The second-order valence-corrected chi connectivity index (χ2v) is 6.10. The number of aromatic nitrogens is 1. The second kappa shape index (κ2) is 6.23. The summed E-state index contributed by atoms with van der Waals surface area (Å²) in [6, 6.07) is 18.9. The number of halogens is 1. The minimum absolute atomic E-state index is 0.214. The van der Waals surface area contributed by atoms with E-state index in [9.17, 15) is 10.4 Å². The predicted octanol–water partition coefficient (Wildman–Crippen LogP) is 5.06. The molecule has 0 unspecified atom stereocenters. The smallest absolute Gasteiger partial charge is 0.115 e. The van der Waals surface area contributed by atoms with Gasteiger partial charge in [-0.25, -0.2) is 0 Å². The zero-order valence-corrected chi connectivity index (χ0v) is 14.0. The number of hydrogen-bond acceptors (Lipinski definition) is 3. The molecule has 3 aromatic rings. The first-order chi connectivity index (χ1) is 11.1. The highest BCUT2D eigenvalue weighted by Crippen LogP contribution is 2.31. The molecule has 3 rings (SSSR count). The molecular formula is C19H13BrN2O. The number of hydrogen-bond donors (Lipinski definition) is 1. The van der Waals surface area contributed by atoms with Crippen molar-refractivity contribution in [1.29, 1.82) is 5.26 Å². The Morgan fingerprint density at radius 3 is 2.43 bits per heavy atom. The lowest BCUT2D eigenvalue weighted by Crippen LogP contribution is -1.96. The number of nitrogens with zero attached hydrogens (tertiary/aromatic N) is 2. The maximum atomic E-state index is 9.49. The number of phenolic OH excluding ortho intramolecular Hbond substituents is 1. The summed E-state index contributed by atoms with van der Waals surface area (Å²) in [6.07, 6.45) is 0. The average molecular weight is 365 g/mol. The second-order valence-electron chi connectivity index (χ2n) is 5.18. The van der Waals surface area contributed by atoms with Gasteiger partial charge in [-0.2, -0.15) is 5.26 Å². The van der Waals surface area contributed by atoms with Gasteiger partial charge in [0.1, 0.15) is 11.8 Å². The van der Waals surface area contributed by atoms with Gasteiger partial charge in [-0.05, 0) is 55.0 Å². The third kappa shape index (κ3) is 3.10. The van der Waals surface area contributed by atoms with Crippen molar-refractivity contribution < 1.29 is 5.11 Å². The average Bonchev–Trinajstić information content (AvgIpc) is 2.55. The fourth-order valence-corrected chi connectivity index (χ4v) is 2.88. The Labute approximate surface area is 143 Å². The van der Waals surface area contributed by atoms with E-state index in [0.29, 0.717) is 11.3 Å². The monoisotopic (exact) mass is 364 g/mol. The number of benzene rings is 2. The molecular weight excluding hydrogens is 352 g/mol. The minimum atomic E-state index is 0.214. The molecule has 112 valence electrons. The van der Waals surface area contributed by atoms with E-state index in [0.717, 1.165) is 26.9 Å². The van der Waals surface area contributed by atoms with Gasteiger partial charge in [-0.15, -0.1) is 0 Å². The van der Waals surface area contributed by atoms with E-state index in [1.807, 2.05) is 49.4 Å². The van der Waals surface area contributed by atoms with Crippen molar-refractivity contribution >= 4 is 15.9 Å². The van der Waals surface area contributed by atoms with Crippen molar-refractivity contribution in [3.05, 3.63) is 70.3 Å². The Balaban J connectivity index is 2.22. The van der Waals surface area contributed by atoms with Crippen LogP contribution in [-0.4, -0.2) is 10.1 Å². The van der Waals surface area contributed by atoms with Crippen LogP contribution < -0.4 is 0 Å². The van der Waals surface area contributed by atoms with Gasteiger partial charge in [0.25, 0.3) is 0 Å². The fourth-order valence-electron chi connectivity index (χ4n) is 2.48. The molecule has 0 radical (unpaired) electrons. The van der Waals surface area contributed by atoms with Crippen LogP contribution in [0.15, 0.2) is 59.1 Å². The summed E-state index contributed by atoms with van der Waals surface area (Å²) in [5, 5.41) is 18.9. The largest absolute Gasteiger partial charge is 0.508 e. The van der Waals surface area contributed by atoms with E-state index in [2.05, 4.69) is 27.0 Å². The highest BCUT2D eigenvalue weighted by Gasteiger charge is 2.13. The lowest BCUT2D eigenvalue weighted by Gasteiger charge is -2.11. The highest BCUT2D eigenvalue weighted by molar-refractivity contribution is 9.10. The molecule has 0 fully saturated rings. The van der Waals surface area contributed by atoms with Crippen molar-refractivity contribution in [2.24, 2.45) is 0 Å². The van der Waals surface area contributed by atoms with Crippen LogP contribution in [0.25, 0.3) is 22.4 Å². The van der Waals surface area contributed by atoms with E-state index >= 15 is 0 Å². The van der Waals surface area contributed by atoms with Crippen LogP contribution in [-0.2, 0) is 0 Å². The Morgan fingerprint density at radius 1 is 1.04 bits per heavy atom. The fraction of sp³-hybridized carbons (Fsp3) is 0.0526. The molecule has 1 aromatic heterocycles. The van der Waals surface area contributed by atoms with Crippen LogP contribution in [0.2, 0.25) is 0 Å². The zero-order chi connectivity index (χ0) is 16.4. The highest BCUT2D eigenvalue weighted by atomic mass is 79.9.